The molecule has 1 heterocycles. The van der Waals surface area contributed by atoms with Crippen LogP contribution in [-0.2, 0) is 4.79 Å². The van der Waals surface area contributed by atoms with E-state index in [4.69, 9.17) is 5.73 Å². The van der Waals surface area contributed by atoms with Gasteiger partial charge < -0.3 is 11.1 Å². The summed E-state index contributed by atoms with van der Waals surface area (Å²) in [5.74, 6) is 1.28. The highest BCUT2D eigenvalue weighted by molar-refractivity contribution is 5.95. The molecule has 94 valence electrons. The largest absolute Gasteiger partial charge is 0.383 e. The van der Waals surface area contributed by atoms with Crippen molar-refractivity contribution in [2.24, 2.45) is 0 Å². The highest BCUT2D eigenvalue weighted by atomic mass is 16.1. The van der Waals surface area contributed by atoms with Crippen LogP contribution in [0.2, 0.25) is 0 Å². The molecule has 0 aliphatic heterocycles. The molecule has 0 saturated carbocycles. The molecule has 5 nitrogen and oxygen atoms in total. The lowest BCUT2D eigenvalue weighted by Crippen LogP contribution is -2.07. The third-order valence-corrected chi connectivity index (χ3v) is 2.58. The van der Waals surface area contributed by atoms with Gasteiger partial charge in [-0.2, -0.15) is 0 Å². The standard InChI is InChI=1S/C13H16N4O/c1-7(2)13-16-11-5-4-9(15-8(3)18)6-10(11)12(14)17-13/h4-7H,1-3H3,(H,15,18)(H2,14,16,17). The second kappa shape index (κ2) is 4.60. The Hall–Kier alpha value is -2.17. The maximum atomic E-state index is 11.0. The van der Waals surface area contributed by atoms with Crippen molar-refractivity contribution in [3.05, 3.63) is 24.0 Å². The first-order chi connectivity index (χ1) is 8.47. The van der Waals surface area contributed by atoms with Crippen LogP contribution in [0.25, 0.3) is 10.9 Å². The Bertz CT molecular complexity index is 607. The lowest BCUT2D eigenvalue weighted by Gasteiger charge is -2.09. The van der Waals surface area contributed by atoms with Crippen molar-refractivity contribution in [3.63, 3.8) is 0 Å². The number of carbonyl (C=O) groups is 1. The van der Waals surface area contributed by atoms with Gasteiger partial charge in [-0.3, -0.25) is 4.79 Å². The van der Waals surface area contributed by atoms with Gasteiger partial charge in [-0.25, -0.2) is 9.97 Å². The molecular weight excluding hydrogens is 228 g/mol. The molecular formula is C13H16N4O. The molecule has 2 aromatic rings. The fraction of sp³-hybridized carbons (Fsp3) is 0.308. The summed E-state index contributed by atoms with van der Waals surface area (Å²) in [5, 5.41) is 3.47. The number of nitrogens with two attached hydrogens (primary N) is 1. The van der Waals surface area contributed by atoms with Crippen LogP contribution in [0.15, 0.2) is 18.2 Å². The second-order valence-corrected chi connectivity index (χ2v) is 4.53. The van der Waals surface area contributed by atoms with Crippen LogP contribution in [0.5, 0.6) is 0 Å². The summed E-state index contributed by atoms with van der Waals surface area (Å²) in [6.45, 7) is 5.50. The normalized spacial score (nSPS) is 10.9. The molecule has 18 heavy (non-hydrogen) atoms. The van der Waals surface area contributed by atoms with E-state index in [9.17, 15) is 4.79 Å². The number of nitrogens with zero attached hydrogens (tertiary/aromatic N) is 2. The summed E-state index contributed by atoms with van der Waals surface area (Å²) < 4.78 is 0. The molecule has 3 N–H and O–H groups in total. The first kappa shape index (κ1) is 12.3. The number of hydrogen-bond donors (Lipinski definition) is 2. The third-order valence-electron chi connectivity index (χ3n) is 2.58. The van der Waals surface area contributed by atoms with E-state index in [1.54, 1.807) is 12.1 Å². The Labute approximate surface area is 105 Å². The molecule has 0 radical (unpaired) electrons. The molecule has 0 saturated heterocycles. The van der Waals surface area contributed by atoms with Crippen LogP contribution >= 0.6 is 0 Å². The van der Waals surface area contributed by atoms with E-state index in [2.05, 4.69) is 15.3 Å². The molecule has 0 bridgehead atoms. The summed E-state index contributed by atoms with van der Waals surface area (Å²) >= 11 is 0. The minimum absolute atomic E-state index is 0.118. The molecule has 1 aromatic heterocycles. The number of amides is 1. The van der Waals surface area contributed by atoms with Crippen LogP contribution in [0.1, 0.15) is 32.5 Å². The lowest BCUT2D eigenvalue weighted by atomic mass is 10.1. The average Bonchev–Trinajstić information content (AvgIpc) is 2.28. The Kier molecular flexibility index (Phi) is 3.14. The SMILES string of the molecule is CC(=O)Nc1ccc2nc(C(C)C)nc(N)c2c1. The molecule has 5 heteroatoms. The van der Waals surface area contributed by atoms with Gasteiger partial charge in [-0.15, -0.1) is 0 Å². The van der Waals surface area contributed by atoms with Crippen LogP contribution in [0, 0.1) is 0 Å². The zero-order valence-corrected chi connectivity index (χ0v) is 10.7. The number of carbonyl (C=O) groups excluding carboxylic acids is 1. The third kappa shape index (κ3) is 2.40. The van der Waals surface area contributed by atoms with E-state index >= 15 is 0 Å². The van der Waals surface area contributed by atoms with Gasteiger partial charge in [0.05, 0.1) is 5.52 Å². The van der Waals surface area contributed by atoms with Gasteiger partial charge >= 0.3 is 0 Å². The number of rotatable bonds is 2. The predicted molar refractivity (Wildman–Crippen MR) is 72.3 cm³/mol. The monoisotopic (exact) mass is 244 g/mol. The van der Waals surface area contributed by atoms with E-state index in [1.807, 2.05) is 19.9 Å². The summed E-state index contributed by atoms with van der Waals surface area (Å²) in [7, 11) is 0. The van der Waals surface area contributed by atoms with Gasteiger partial charge in [0.25, 0.3) is 0 Å². The van der Waals surface area contributed by atoms with Crippen molar-refractivity contribution in [1.29, 1.82) is 0 Å². The highest BCUT2D eigenvalue weighted by Crippen LogP contribution is 2.24. The molecule has 0 atom stereocenters. The van der Waals surface area contributed by atoms with Crippen molar-refractivity contribution < 1.29 is 4.79 Å². The summed E-state index contributed by atoms with van der Waals surface area (Å²) in [4.78, 5) is 19.7. The molecule has 0 fully saturated rings. The minimum Gasteiger partial charge on any atom is -0.383 e. The van der Waals surface area contributed by atoms with Crippen LogP contribution in [0.4, 0.5) is 11.5 Å². The lowest BCUT2D eigenvalue weighted by molar-refractivity contribution is -0.114. The zero-order chi connectivity index (χ0) is 13.3. The summed E-state index contributed by atoms with van der Waals surface area (Å²) in [6.07, 6.45) is 0. The van der Waals surface area contributed by atoms with Gasteiger partial charge in [-0.05, 0) is 18.2 Å². The summed E-state index contributed by atoms with van der Waals surface area (Å²) in [5.41, 5.74) is 7.42. The molecule has 2 rings (SSSR count). The van der Waals surface area contributed by atoms with Crippen molar-refractivity contribution >= 4 is 28.3 Å². The van der Waals surface area contributed by atoms with Crippen molar-refractivity contribution in [2.75, 3.05) is 11.1 Å². The van der Waals surface area contributed by atoms with Gasteiger partial charge in [0.2, 0.25) is 5.91 Å². The minimum atomic E-state index is -0.118. The van der Waals surface area contributed by atoms with Gasteiger partial charge in [0.15, 0.2) is 0 Å². The maximum Gasteiger partial charge on any atom is 0.221 e. The average molecular weight is 244 g/mol. The number of benzene rings is 1. The number of nitrogen functional groups attached to an aromatic ring is 1. The van der Waals surface area contributed by atoms with Gasteiger partial charge in [0.1, 0.15) is 11.6 Å². The van der Waals surface area contributed by atoms with E-state index in [1.165, 1.54) is 6.92 Å². The van der Waals surface area contributed by atoms with E-state index in [0.29, 0.717) is 11.5 Å². The predicted octanol–water partition coefficient (Wildman–Crippen LogP) is 2.29. The van der Waals surface area contributed by atoms with Crippen molar-refractivity contribution in [2.45, 2.75) is 26.7 Å². The molecule has 0 spiro atoms. The Balaban J connectivity index is 2.54. The Morgan fingerprint density at radius 2 is 2.06 bits per heavy atom. The van der Waals surface area contributed by atoms with Crippen LogP contribution in [0.3, 0.4) is 0 Å². The fourth-order valence-corrected chi connectivity index (χ4v) is 1.71. The van der Waals surface area contributed by atoms with Crippen LogP contribution in [-0.4, -0.2) is 15.9 Å². The maximum absolute atomic E-state index is 11.0. The van der Waals surface area contributed by atoms with Gasteiger partial charge in [-0.1, -0.05) is 13.8 Å². The number of nitrogens with one attached hydrogen (secondary N) is 1. The molecule has 1 amide bonds. The first-order valence-corrected chi connectivity index (χ1v) is 5.82. The molecule has 0 aliphatic rings. The van der Waals surface area contributed by atoms with Crippen molar-refractivity contribution in [3.8, 4) is 0 Å². The van der Waals surface area contributed by atoms with Gasteiger partial charge in [0, 0.05) is 23.9 Å². The van der Waals surface area contributed by atoms with Crippen LogP contribution < -0.4 is 11.1 Å². The van der Waals surface area contributed by atoms with E-state index in [-0.39, 0.29) is 11.8 Å². The Morgan fingerprint density at radius 1 is 1.33 bits per heavy atom. The smallest absolute Gasteiger partial charge is 0.221 e. The topological polar surface area (TPSA) is 80.9 Å². The quantitative estimate of drug-likeness (QED) is 0.849. The highest BCUT2D eigenvalue weighted by Gasteiger charge is 2.09. The number of aromatic nitrogens is 2. The Morgan fingerprint density at radius 3 is 2.67 bits per heavy atom. The number of hydrogen-bond acceptors (Lipinski definition) is 4. The summed E-state index contributed by atoms with van der Waals surface area (Å²) in [6, 6.07) is 5.43. The molecule has 1 aromatic carbocycles. The first-order valence-electron chi connectivity index (χ1n) is 5.82. The number of anilines is 2. The van der Waals surface area contributed by atoms with E-state index in [0.717, 1.165) is 16.7 Å². The fourth-order valence-electron chi connectivity index (χ4n) is 1.71. The second-order valence-electron chi connectivity index (χ2n) is 4.53. The number of fused-ring (bicyclic) bond motifs is 1. The zero-order valence-electron chi connectivity index (χ0n) is 10.7. The molecule has 0 aliphatic carbocycles. The molecule has 0 unspecified atom stereocenters. The van der Waals surface area contributed by atoms with E-state index < -0.39 is 0 Å². The van der Waals surface area contributed by atoms with Crippen molar-refractivity contribution in [1.82, 2.24) is 9.97 Å².